The van der Waals surface area contributed by atoms with Gasteiger partial charge in [-0.3, -0.25) is 4.79 Å². The fourth-order valence-electron chi connectivity index (χ4n) is 1.00. The zero-order valence-electron chi connectivity index (χ0n) is 5.52. The third kappa shape index (κ3) is 0.981. The van der Waals surface area contributed by atoms with Crippen molar-refractivity contribution in [3.8, 4) is 0 Å². The molecule has 54 valence electrons. The monoisotopic (exact) mass is 149 g/mol. The number of carbonyl (C=O) groups is 1. The van der Waals surface area contributed by atoms with E-state index in [1.165, 1.54) is 18.2 Å². The van der Waals surface area contributed by atoms with Gasteiger partial charge in [0, 0.05) is 5.69 Å². The van der Waals surface area contributed by atoms with Gasteiger partial charge in [0.25, 0.3) is 0 Å². The summed E-state index contributed by atoms with van der Waals surface area (Å²) in [6.45, 7) is 0. The Morgan fingerprint density at radius 1 is 1.45 bits per heavy atom. The lowest BCUT2D eigenvalue weighted by Crippen LogP contribution is -2.01. The highest BCUT2D eigenvalue weighted by atomic mass is 19.1. The summed E-state index contributed by atoms with van der Waals surface area (Å²) in [5.74, 6) is -0.668. The van der Waals surface area contributed by atoms with Crippen molar-refractivity contribution in [2.24, 2.45) is 0 Å². The Morgan fingerprint density at radius 2 is 2.27 bits per heavy atom. The van der Waals surface area contributed by atoms with Crippen LogP contribution in [-0.2, 0) is 4.79 Å². The van der Waals surface area contributed by atoms with E-state index in [9.17, 15) is 9.18 Å². The molecule has 0 saturated carbocycles. The molecule has 0 fully saturated rings. The molecule has 2 radical (unpaired) electrons. The van der Waals surface area contributed by atoms with Crippen molar-refractivity contribution >= 4 is 11.6 Å². The van der Waals surface area contributed by atoms with Crippen molar-refractivity contribution in [3.05, 3.63) is 36.0 Å². The Morgan fingerprint density at radius 3 is 3.09 bits per heavy atom. The summed E-state index contributed by atoms with van der Waals surface area (Å²) < 4.78 is 12.5. The van der Waals surface area contributed by atoms with Crippen LogP contribution in [0, 0.1) is 12.2 Å². The molecule has 1 amide bonds. The fourth-order valence-corrected chi connectivity index (χ4v) is 1.00. The predicted molar refractivity (Wildman–Crippen MR) is 37.4 cm³/mol. The average Bonchev–Trinajstić information content (AvgIpc) is 2.27. The highest BCUT2D eigenvalue weighted by Crippen LogP contribution is 2.24. The van der Waals surface area contributed by atoms with Crippen LogP contribution in [0.4, 0.5) is 10.1 Å². The van der Waals surface area contributed by atoms with Crippen LogP contribution in [0.15, 0.2) is 18.2 Å². The molecule has 0 spiro atoms. The highest BCUT2D eigenvalue weighted by molar-refractivity contribution is 6.06. The van der Waals surface area contributed by atoms with E-state index in [1.807, 2.05) is 0 Å². The molecular formula is C8H4FNO. The lowest BCUT2D eigenvalue weighted by Gasteiger charge is -1.95. The van der Waals surface area contributed by atoms with E-state index < -0.39 is 0 Å². The Bertz CT molecular complexity index is 322. The van der Waals surface area contributed by atoms with Crippen molar-refractivity contribution in [3.63, 3.8) is 0 Å². The van der Waals surface area contributed by atoms with Gasteiger partial charge in [-0.25, -0.2) is 4.39 Å². The predicted octanol–water partition coefficient (Wildman–Crippen LogP) is 1.21. The molecule has 1 aliphatic rings. The van der Waals surface area contributed by atoms with Crippen molar-refractivity contribution in [2.75, 3.05) is 5.32 Å². The Hall–Kier alpha value is -1.38. The normalized spacial score (nSPS) is 14.5. The van der Waals surface area contributed by atoms with Gasteiger partial charge < -0.3 is 5.32 Å². The smallest absolute Gasteiger partial charge is 0.238 e. The summed E-state index contributed by atoms with van der Waals surface area (Å²) in [6.07, 6.45) is 2.45. The maximum absolute atomic E-state index is 12.5. The van der Waals surface area contributed by atoms with Crippen LogP contribution in [0.25, 0.3) is 0 Å². The number of carbonyl (C=O) groups excluding carboxylic acids is 1. The SMILES string of the molecule is O=C1[C]c2cc(F)ccc2N1. The summed E-state index contributed by atoms with van der Waals surface area (Å²) in [5.41, 5.74) is 1.12. The molecule has 0 saturated heterocycles. The summed E-state index contributed by atoms with van der Waals surface area (Å²) in [4.78, 5) is 10.7. The van der Waals surface area contributed by atoms with Crippen LogP contribution in [0.3, 0.4) is 0 Å². The number of benzene rings is 1. The van der Waals surface area contributed by atoms with Gasteiger partial charge in [-0.05, 0) is 23.8 Å². The van der Waals surface area contributed by atoms with E-state index in [-0.39, 0.29) is 11.7 Å². The van der Waals surface area contributed by atoms with Gasteiger partial charge >= 0.3 is 0 Å². The lowest BCUT2D eigenvalue weighted by molar-refractivity contribution is -0.112. The Labute approximate surface area is 63.0 Å². The molecule has 0 bridgehead atoms. The molecule has 0 atom stereocenters. The van der Waals surface area contributed by atoms with Gasteiger partial charge in [-0.1, -0.05) is 0 Å². The molecule has 0 aromatic heterocycles. The maximum Gasteiger partial charge on any atom is 0.238 e. The second-order valence-corrected chi connectivity index (χ2v) is 2.27. The number of halogens is 1. The second-order valence-electron chi connectivity index (χ2n) is 2.27. The molecule has 11 heavy (non-hydrogen) atoms. The minimum Gasteiger partial charge on any atom is -0.325 e. The first-order valence-corrected chi connectivity index (χ1v) is 3.13. The molecule has 1 aromatic rings. The van der Waals surface area contributed by atoms with Crippen molar-refractivity contribution in [1.29, 1.82) is 0 Å². The van der Waals surface area contributed by atoms with Crippen molar-refractivity contribution < 1.29 is 9.18 Å². The number of rotatable bonds is 0. The van der Waals surface area contributed by atoms with Crippen LogP contribution in [-0.4, -0.2) is 5.91 Å². The molecule has 1 aromatic carbocycles. The Balaban J connectivity index is 2.51. The van der Waals surface area contributed by atoms with Crippen LogP contribution in [0.2, 0.25) is 0 Å². The summed E-state index contributed by atoms with van der Waals surface area (Å²) in [5, 5.41) is 2.51. The summed E-state index contributed by atoms with van der Waals surface area (Å²) in [6, 6.07) is 4.09. The largest absolute Gasteiger partial charge is 0.325 e. The quantitative estimate of drug-likeness (QED) is 0.590. The first-order valence-electron chi connectivity index (χ1n) is 3.13. The number of nitrogens with one attached hydrogen (secondary N) is 1. The minimum absolute atomic E-state index is 0.314. The van der Waals surface area contributed by atoms with E-state index in [1.54, 1.807) is 0 Å². The van der Waals surface area contributed by atoms with E-state index in [0.29, 0.717) is 11.3 Å². The number of anilines is 1. The number of fused-ring (bicyclic) bond motifs is 1. The van der Waals surface area contributed by atoms with Crippen LogP contribution in [0.1, 0.15) is 5.56 Å². The minimum atomic E-state index is -0.354. The highest BCUT2D eigenvalue weighted by Gasteiger charge is 2.18. The Kier molecular flexibility index (Phi) is 1.18. The van der Waals surface area contributed by atoms with Gasteiger partial charge in [0.2, 0.25) is 5.91 Å². The van der Waals surface area contributed by atoms with E-state index >= 15 is 0 Å². The molecule has 1 aliphatic heterocycles. The summed E-state index contributed by atoms with van der Waals surface area (Å²) in [7, 11) is 0. The van der Waals surface area contributed by atoms with E-state index in [4.69, 9.17) is 0 Å². The van der Waals surface area contributed by atoms with Crippen LogP contribution in [0.5, 0.6) is 0 Å². The van der Waals surface area contributed by atoms with Gasteiger partial charge in [0.05, 0.1) is 0 Å². The van der Waals surface area contributed by atoms with Crippen molar-refractivity contribution in [2.45, 2.75) is 0 Å². The topological polar surface area (TPSA) is 29.1 Å². The maximum atomic E-state index is 12.5. The van der Waals surface area contributed by atoms with Gasteiger partial charge in [0.15, 0.2) is 0 Å². The zero-order valence-corrected chi connectivity index (χ0v) is 5.52. The van der Waals surface area contributed by atoms with E-state index in [2.05, 4.69) is 11.7 Å². The molecule has 3 heteroatoms. The first kappa shape index (κ1) is 6.34. The second kappa shape index (κ2) is 2.05. The standard InChI is InChI=1S/C8H4FNO/c9-6-1-2-7-5(3-6)4-8(11)10-7/h1-3H,(H,10,11). The van der Waals surface area contributed by atoms with Gasteiger partial charge in [0.1, 0.15) is 12.2 Å². The number of hydrogen-bond donors (Lipinski definition) is 1. The van der Waals surface area contributed by atoms with Crippen LogP contribution < -0.4 is 5.32 Å². The third-order valence-electron chi connectivity index (χ3n) is 1.48. The average molecular weight is 149 g/mol. The summed E-state index contributed by atoms with van der Waals surface area (Å²) >= 11 is 0. The van der Waals surface area contributed by atoms with Crippen molar-refractivity contribution in [1.82, 2.24) is 0 Å². The molecular weight excluding hydrogens is 145 g/mol. The lowest BCUT2D eigenvalue weighted by atomic mass is 10.2. The number of hydrogen-bond acceptors (Lipinski definition) is 1. The molecule has 2 rings (SSSR count). The molecule has 2 nitrogen and oxygen atoms in total. The fraction of sp³-hybridized carbons (Fsp3) is 0. The van der Waals surface area contributed by atoms with Gasteiger partial charge in [-0.15, -0.1) is 0 Å². The zero-order chi connectivity index (χ0) is 7.84. The van der Waals surface area contributed by atoms with Crippen LogP contribution >= 0.6 is 0 Å². The number of amides is 1. The molecule has 1 heterocycles. The molecule has 1 N–H and O–H groups in total. The molecule has 0 aliphatic carbocycles. The third-order valence-corrected chi connectivity index (χ3v) is 1.48. The van der Waals surface area contributed by atoms with Gasteiger partial charge in [-0.2, -0.15) is 0 Å². The molecule has 0 unspecified atom stereocenters. The first-order chi connectivity index (χ1) is 5.25. The van der Waals surface area contributed by atoms with E-state index in [0.717, 1.165) is 0 Å².